The second kappa shape index (κ2) is 9.82. The molecule has 9 heteroatoms. The van der Waals surface area contributed by atoms with E-state index in [1.807, 2.05) is 13.8 Å². The molecule has 32 heavy (non-hydrogen) atoms. The molecule has 8 nitrogen and oxygen atoms in total. The summed E-state index contributed by atoms with van der Waals surface area (Å²) in [6.45, 7) is 3.11. The van der Waals surface area contributed by atoms with E-state index in [2.05, 4.69) is 5.32 Å². The van der Waals surface area contributed by atoms with Crippen molar-refractivity contribution < 1.29 is 28.7 Å². The molecule has 0 fully saturated rings. The number of nitrogens with zero attached hydrogens (tertiary/aromatic N) is 1. The van der Waals surface area contributed by atoms with Crippen molar-refractivity contribution in [3.63, 3.8) is 0 Å². The molecule has 0 spiro atoms. The number of hydrogen-bond donors (Lipinski definition) is 1. The smallest absolute Gasteiger partial charge is 0.329 e. The van der Waals surface area contributed by atoms with Crippen molar-refractivity contribution in [2.75, 3.05) is 19.0 Å². The molecule has 0 radical (unpaired) electrons. The van der Waals surface area contributed by atoms with E-state index in [0.29, 0.717) is 16.5 Å². The molecule has 0 saturated carbocycles. The highest BCUT2D eigenvalue weighted by Crippen LogP contribution is 2.29. The van der Waals surface area contributed by atoms with Gasteiger partial charge in [0.25, 0.3) is 17.7 Å². The second-order valence-corrected chi connectivity index (χ2v) is 8.11. The summed E-state index contributed by atoms with van der Waals surface area (Å²) in [6, 6.07) is 9.93. The zero-order valence-corrected chi connectivity index (χ0v) is 18.6. The number of rotatable bonds is 8. The Morgan fingerprint density at radius 2 is 1.69 bits per heavy atom. The maximum atomic E-state index is 12.8. The molecule has 3 rings (SSSR count). The molecule has 0 unspecified atom stereocenters. The summed E-state index contributed by atoms with van der Waals surface area (Å²) in [6.07, 6.45) is 0.202. The topological polar surface area (TPSA) is 102 Å². The van der Waals surface area contributed by atoms with E-state index in [0.717, 1.165) is 4.90 Å². The maximum absolute atomic E-state index is 12.8. The molecule has 1 aliphatic heterocycles. The summed E-state index contributed by atoms with van der Waals surface area (Å²) in [5.41, 5.74) is 0.801. The van der Waals surface area contributed by atoms with E-state index in [-0.39, 0.29) is 23.5 Å². The molecule has 2 aromatic carbocycles. The van der Waals surface area contributed by atoms with Gasteiger partial charge in [0.2, 0.25) is 0 Å². The number of amides is 3. The van der Waals surface area contributed by atoms with Crippen LogP contribution in [0.15, 0.2) is 42.5 Å². The Balaban J connectivity index is 1.71. The maximum Gasteiger partial charge on any atom is 0.329 e. The second-order valence-electron chi connectivity index (χ2n) is 7.67. The predicted molar refractivity (Wildman–Crippen MR) is 118 cm³/mol. The van der Waals surface area contributed by atoms with Crippen LogP contribution in [0.1, 0.15) is 41.0 Å². The third-order valence-electron chi connectivity index (χ3n) is 4.89. The fraction of sp³-hybridized carbons (Fsp3) is 0.304. The highest BCUT2D eigenvalue weighted by Gasteiger charge is 2.43. The standard InChI is InChI=1S/C23H23ClN2O6/c1-13(2)10-18(26-21(28)15-6-4-5-7-16(15)22(26)29)23(30)32-12-20(27)25-17-11-14(24)8-9-19(17)31-3/h4-9,11,13,18H,10,12H2,1-3H3,(H,25,27)/t18-/m1/s1. The molecule has 0 saturated heterocycles. The van der Waals surface area contributed by atoms with E-state index >= 15 is 0 Å². The number of imide groups is 1. The van der Waals surface area contributed by atoms with Gasteiger partial charge in [-0.15, -0.1) is 0 Å². The fourth-order valence-electron chi connectivity index (χ4n) is 3.44. The Kier molecular flexibility index (Phi) is 7.15. The zero-order chi connectivity index (χ0) is 23.4. The first kappa shape index (κ1) is 23.3. The third kappa shape index (κ3) is 4.91. The number of hydrogen-bond acceptors (Lipinski definition) is 6. The Morgan fingerprint density at radius 1 is 1.06 bits per heavy atom. The van der Waals surface area contributed by atoms with Crippen LogP contribution in [0.4, 0.5) is 5.69 Å². The number of benzene rings is 2. The fourth-order valence-corrected chi connectivity index (χ4v) is 3.61. The third-order valence-corrected chi connectivity index (χ3v) is 5.12. The van der Waals surface area contributed by atoms with Gasteiger partial charge < -0.3 is 14.8 Å². The molecule has 1 heterocycles. The first-order valence-corrected chi connectivity index (χ1v) is 10.4. The van der Waals surface area contributed by atoms with Gasteiger partial charge in [0.1, 0.15) is 11.8 Å². The van der Waals surface area contributed by atoms with Crippen LogP contribution in [-0.2, 0) is 14.3 Å². The normalized spacial score (nSPS) is 13.7. The van der Waals surface area contributed by atoms with Gasteiger partial charge in [-0.05, 0) is 42.7 Å². The monoisotopic (exact) mass is 458 g/mol. The van der Waals surface area contributed by atoms with E-state index in [4.69, 9.17) is 21.1 Å². The summed E-state index contributed by atoms with van der Waals surface area (Å²) in [7, 11) is 1.44. The molecule has 168 valence electrons. The molecule has 1 atom stereocenters. The lowest BCUT2D eigenvalue weighted by Gasteiger charge is -2.25. The minimum absolute atomic E-state index is 0.0126. The zero-order valence-electron chi connectivity index (χ0n) is 17.9. The molecule has 0 aliphatic carbocycles. The van der Waals surface area contributed by atoms with Crippen LogP contribution >= 0.6 is 11.6 Å². The average molecular weight is 459 g/mol. The summed E-state index contributed by atoms with van der Waals surface area (Å²) in [5.74, 6) is -2.19. The lowest BCUT2D eigenvalue weighted by atomic mass is 10.0. The van der Waals surface area contributed by atoms with Crippen molar-refractivity contribution in [3.8, 4) is 5.75 Å². The van der Waals surface area contributed by atoms with Crippen molar-refractivity contribution in [1.82, 2.24) is 4.90 Å². The van der Waals surface area contributed by atoms with Crippen LogP contribution in [0.2, 0.25) is 5.02 Å². The Hall–Kier alpha value is -3.39. The Labute approximate surface area is 190 Å². The molecular formula is C23H23ClN2O6. The van der Waals surface area contributed by atoms with Crippen LogP contribution in [0, 0.1) is 5.92 Å². The van der Waals surface area contributed by atoms with Crippen LogP contribution < -0.4 is 10.1 Å². The number of ether oxygens (including phenoxy) is 2. The van der Waals surface area contributed by atoms with Crippen molar-refractivity contribution in [2.45, 2.75) is 26.3 Å². The van der Waals surface area contributed by atoms with Gasteiger partial charge in [-0.2, -0.15) is 0 Å². The van der Waals surface area contributed by atoms with Gasteiger partial charge in [0, 0.05) is 5.02 Å². The van der Waals surface area contributed by atoms with Crippen LogP contribution in [-0.4, -0.2) is 48.3 Å². The molecule has 0 bridgehead atoms. The van der Waals surface area contributed by atoms with Crippen molar-refractivity contribution >= 4 is 41.0 Å². The number of nitrogens with one attached hydrogen (secondary N) is 1. The molecule has 2 aromatic rings. The molecular weight excluding hydrogens is 436 g/mol. The number of fused-ring (bicyclic) bond motifs is 1. The minimum atomic E-state index is -1.14. The van der Waals surface area contributed by atoms with Crippen molar-refractivity contribution in [3.05, 3.63) is 58.6 Å². The number of anilines is 1. The van der Waals surface area contributed by atoms with E-state index in [1.165, 1.54) is 13.2 Å². The average Bonchev–Trinajstić information content (AvgIpc) is 3.01. The first-order chi connectivity index (χ1) is 15.2. The minimum Gasteiger partial charge on any atom is -0.495 e. The highest BCUT2D eigenvalue weighted by molar-refractivity contribution is 6.31. The van der Waals surface area contributed by atoms with Crippen molar-refractivity contribution in [1.29, 1.82) is 0 Å². The molecule has 3 amide bonds. The summed E-state index contributed by atoms with van der Waals surface area (Å²) >= 11 is 5.95. The number of methoxy groups -OCH3 is 1. The summed E-state index contributed by atoms with van der Waals surface area (Å²) < 4.78 is 10.3. The summed E-state index contributed by atoms with van der Waals surface area (Å²) in [5, 5.41) is 2.96. The van der Waals surface area contributed by atoms with Gasteiger partial charge in [-0.1, -0.05) is 37.6 Å². The first-order valence-electron chi connectivity index (χ1n) is 9.99. The van der Waals surface area contributed by atoms with Crippen molar-refractivity contribution in [2.24, 2.45) is 5.92 Å². The number of carbonyl (C=O) groups is 4. The van der Waals surface area contributed by atoms with Gasteiger partial charge in [0.15, 0.2) is 6.61 Å². The number of carbonyl (C=O) groups excluding carboxylic acids is 4. The quantitative estimate of drug-likeness (QED) is 0.479. The lowest BCUT2D eigenvalue weighted by Crippen LogP contribution is -2.46. The SMILES string of the molecule is COc1ccc(Cl)cc1NC(=O)COC(=O)[C@@H](CC(C)C)N1C(=O)c2ccccc2C1=O. The van der Waals surface area contributed by atoms with E-state index < -0.39 is 36.3 Å². The lowest BCUT2D eigenvalue weighted by molar-refractivity contribution is -0.151. The van der Waals surface area contributed by atoms with E-state index in [9.17, 15) is 19.2 Å². The van der Waals surface area contributed by atoms with Gasteiger partial charge in [-0.25, -0.2) is 4.79 Å². The van der Waals surface area contributed by atoms with Gasteiger partial charge in [0.05, 0.1) is 23.9 Å². The van der Waals surface area contributed by atoms with Crippen LogP contribution in [0.5, 0.6) is 5.75 Å². The Bertz CT molecular complexity index is 1030. The molecule has 1 N–H and O–H groups in total. The van der Waals surface area contributed by atoms with E-state index in [1.54, 1.807) is 36.4 Å². The highest BCUT2D eigenvalue weighted by atomic mass is 35.5. The predicted octanol–water partition coefficient (Wildman–Crippen LogP) is 3.54. The van der Waals surface area contributed by atoms with Gasteiger partial charge in [-0.3, -0.25) is 19.3 Å². The van der Waals surface area contributed by atoms with Crippen LogP contribution in [0.25, 0.3) is 0 Å². The molecule has 1 aliphatic rings. The largest absolute Gasteiger partial charge is 0.495 e. The van der Waals surface area contributed by atoms with Crippen LogP contribution in [0.3, 0.4) is 0 Å². The number of esters is 1. The Morgan fingerprint density at radius 3 is 2.25 bits per heavy atom. The van der Waals surface area contributed by atoms with Gasteiger partial charge >= 0.3 is 5.97 Å². The number of halogens is 1. The summed E-state index contributed by atoms with van der Waals surface area (Å²) in [4.78, 5) is 51.7. The molecule has 0 aromatic heterocycles.